The minimum atomic E-state index is -0.361. The Morgan fingerprint density at radius 3 is 1.50 bits per heavy atom. The highest BCUT2D eigenvalue weighted by molar-refractivity contribution is 8.04. The topological polar surface area (TPSA) is 64.7 Å². The molecule has 2 aromatic carbocycles. The highest BCUT2D eigenvalue weighted by atomic mass is 32.2. The van der Waals surface area contributed by atoms with Gasteiger partial charge < -0.3 is 0 Å². The number of carbonyl (C=O) groups excluding carboxylic acids is 1. The molecule has 0 bridgehead atoms. The number of rotatable bonds is 8. The molecule has 0 aliphatic carbocycles. The van der Waals surface area contributed by atoms with Gasteiger partial charge in [-0.05, 0) is 34.7 Å². The fraction of sp³-hybridized carbons (Fsp3) is 0.211. The Bertz CT molecular complexity index is 672. The average Bonchev–Trinajstić information content (AvgIpc) is 2.64. The van der Waals surface area contributed by atoms with Crippen LogP contribution in [-0.4, -0.2) is 17.3 Å². The maximum atomic E-state index is 13.2. The first-order valence-electron chi connectivity index (χ1n) is 7.43. The molecule has 120 valence electrons. The molecule has 0 N–H and O–H groups in total. The van der Waals surface area contributed by atoms with Crippen LogP contribution in [-0.2, 0) is 4.79 Å². The third-order valence-electron chi connectivity index (χ3n) is 3.72. The van der Waals surface area contributed by atoms with Crippen molar-refractivity contribution < 1.29 is 4.79 Å². The second-order valence-electron chi connectivity index (χ2n) is 5.13. The predicted molar refractivity (Wildman–Crippen MR) is 99.5 cm³/mol. The lowest BCUT2D eigenvalue weighted by atomic mass is 9.85. The summed E-state index contributed by atoms with van der Waals surface area (Å²) in [5.74, 6) is 0.165. The van der Waals surface area contributed by atoms with Gasteiger partial charge >= 0.3 is 0 Å². The Morgan fingerprint density at radius 2 is 1.17 bits per heavy atom. The largest absolute Gasteiger partial charge is 0.298 e. The van der Waals surface area contributed by atoms with Gasteiger partial charge in [0.25, 0.3) is 0 Å². The molecule has 0 radical (unpaired) electrons. The molecule has 0 saturated carbocycles. The van der Waals surface area contributed by atoms with E-state index >= 15 is 0 Å². The molecule has 3 nitrogen and oxygen atoms in total. The van der Waals surface area contributed by atoms with E-state index in [1.165, 1.54) is 0 Å². The molecule has 0 aromatic heterocycles. The van der Waals surface area contributed by atoms with Crippen LogP contribution in [0.4, 0.5) is 0 Å². The van der Waals surface area contributed by atoms with Gasteiger partial charge in [-0.3, -0.25) is 4.79 Å². The van der Waals surface area contributed by atoms with E-state index in [0.29, 0.717) is 11.5 Å². The van der Waals surface area contributed by atoms with Gasteiger partial charge in [0.15, 0.2) is 0 Å². The van der Waals surface area contributed by atoms with Crippen LogP contribution in [0.25, 0.3) is 0 Å². The Hall–Kier alpha value is -2.21. The van der Waals surface area contributed by atoms with Crippen molar-refractivity contribution in [3.05, 3.63) is 71.8 Å². The molecule has 0 fully saturated rings. The molecule has 2 atom stereocenters. The van der Waals surface area contributed by atoms with Gasteiger partial charge in [0.2, 0.25) is 0 Å². The fourth-order valence-corrected chi connectivity index (χ4v) is 3.74. The molecule has 24 heavy (non-hydrogen) atoms. The molecule has 0 heterocycles. The smallest absolute Gasteiger partial charge is 0.149 e. The lowest BCUT2D eigenvalue weighted by molar-refractivity contribution is -0.121. The molecule has 0 saturated heterocycles. The Labute approximate surface area is 150 Å². The van der Waals surface area contributed by atoms with E-state index in [1.54, 1.807) is 0 Å². The van der Waals surface area contributed by atoms with E-state index in [2.05, 4.69) is 10.8 Å². The van der Waals surface area contributed by atoms with Crippen LogP contribution in [0, 0.1) is 21.3 Å². The third kappa shape index (κ3) is 4.89. The number of hydrogen-bond acceptors (Lipinski definition) is 5. The zero-order chi connectivity index (χ0) is 17.2. The van der Waals surface area contributed by atoms with Crippen molar-refractivity contribution in [2.45, 2.75) is 11.8 Å². The van der Waals surface area contributed by atoms with Crippen molar-refractivity contribution in [3.63, 3.8) is 0 Å². The minimum absolute atomic E-state index is 0.0536. The fourth-order valence-electron chi connectivity index (χ4n) is 2.54. The summed E-state index contributed by atoms with van der Waals surface area (Å²) in [6, 6.07) is 19.1. The number of hydrogen-bond donors (Lipinski definition) is 0. The summed E-state index contributed by atoms with van der Waals surface area (Å²) in [7, 11) is 0. The highest BCUT2D eigenvalue weighted by Gasteiger charge is 2.29. The highest BCUT2D eigenvalue weighted by Crippen LogP contribution is 2.31. The molecule has 2 unspecified atom stereocenters. The van der Waals surface area contributed by atoms with Crippen molar-refractivity contribution in [2.24, 2.45) is 0 Å². The van der Waals surface area contributed by atoms with Gasteiger partial charge in [0.1, 0.15) is 16.6 Å². The van der Waals surface area contributed by atoms with Crippen molar-refractivity contribution in [3.8, 4) is 10.8 Å². The molecule has 2 aromatic rings. The number of nitrogens with zero attached hydrogens (tertiary/aromatic N) is 2. The average molecular weight is 352 g/mol. The number of carbonyl (C=O) groups is 1. The summed E-state index contributed by atoms with van der Waals surface area (Å²) in [6.45, 7) is 0. The number of thioether (sulfide) groups is 2. The van der Waals surface area contributed by atoms with Crippen LogP contribution in [0.5, 0.6) is 0 Å². The number of nitriles is 2. The molecule has 0 aliphatic rings. The Kier molecular flexibility index (Phi) is 7.42. The quantitative estimate of drug-likeness (QED) is 0.652. The van der Waals surface area contributed by atoms with E-state index < -0.39 is 0 Å². The van der Waals surface area contributed by atoms with Gasteiger partial charge in [-0.1, -0.05) is 60.7 Å². The van der Waals surface area contributed by atoms with E-state index in [9.17, 15) is 4.79 Å². The lowest BCUT2D eigenvalue weighted by Crippen LogP contribution is -2.24. The van der Waals surface area contributed by atoms with Crippen LogP contribution >= 0.6 is 23.5 Å². The summed E-state index contributed by atoms with van der Waals surface area (Å²) < 4.78 is 0. The maximum Gasteiger partial charge on any atom is 0.149 e. The second-order valence-corrected chi connectivity index (χ2v) is 6.74. The lowest BCUT2D eigenvalue weighted by Gasteiger charge is -2.21. The zero-order valence-corrected chi connectivity index (χ0v) is 14.6. The van der Waals surface area contributed by atoms with Gasteiger partial charge in [-0.15, -0.1) is 0 Å². The normalized spacial score (nSPS) is 12.6. The van der Waals surface area contributed by atoms with Crippen LogP contribution in [0.1, 0.15) is 23.0 Å². The SMILES string of the molecule is N#CSCC(C(=O)C(CSC#N)c1ccccc1)c1ccccc1. The van der Waals surface area contributed by atoms with Gasteiger partial charge in [-0.25, -0.2) is 0 Å². The summed E-state index contributed by atoms with van der Waals surface area (Å²) in [5, 5.41) is 21.9. The summed E-state index contributed by atoms with van der Waals surface area (Å²) in [6.07, 6.45) is 0. The van der Waals surface area contributed by atoms with E-state index in [-0.39, 0.29) is 17.6 Å². The van der Waals surface area contributed by atoms with Crippen molar-refractivity contribution in [1.29, 1.82) is 10.5 Å². The second kappa shape index (κ2) is 9.82. The molecule has 0 amide bonds. The van der Waals surface area contributed by atoms with Crippen LogP contribution in [0.3, 0.4) is 0 Å². The Balaban J connectivity index is 2.33. The third-order valence-corrected chi connectivity index (χ3v) is 4.98. The van der Waals surface area contributed by atoms with Gasteiger partial charge in [0.05, 0.1) is 11.8 Å². The molecular weight excluding hydrogens is 336 g/mol. The molecular formula is C19H16N2OS2. The standard InChI is InChI=1S/C19H16N2OS2/c20-13-23-11-17(15-7-3-1-4-8-15)19(22)18(12-24-14-21)16-9-5-2-6-10-16/h1-10,17-18H,11-12H2. The first-order valence-corrected chi connectivity index (χ1v) is 9.40. The Morgan fingerprint density at radius 1 is 0.792 bits per heavy atom. The number of benzene rings is 2. The van der Waals surface area contributed by atoms with E-state index in [1.807, 2.05) is 60.7 Å². The van der Waals surface area contributed by atoms with Crippen LogP contribution in [0.2, 0.25) is 0 Å². The first-order chi connectivity index (χ1) is 11.8. The van der Waals surface area contributed by atoms with Gasteiger partial charge in [0, 0.05) is 11.5 Å². The zero-order valence-electron chi connectivity index (χ0n) is 13.0. The minimum Gasteiger partial charge on any atom is -0.298 e. The molecule has 0 spiro atoms. The van der Waals surface area contributed by atoms with Gasteiger partial charge in [-0.2, -0.15) is 10.5 Å². The van der Waals surface area contributed by atoms with Crippen molar-refractivity contribution in [2.75, 3.05) is 11.5 Å². The van der Waals surface area contributed by atoms with Crippen LogP contribution in [0.15, 0.2) is 60.7 Å². The summed E-state index contributed by atoms with van der Waals surface area (Å²) >= 11 is 2.18. The molecule has 0 aliphatic heterocycles. The van der Waals surface area contributed by atoms with Crippen LogP contribution < -0.4 is 0 Å². The predicted octanol–water partition coefficient (Wildman–Crippen LogP) is 4.55. The molecule has 5 heteroatoms. The van der Waals surface area contributed by atoms with E-state index in [0.717, 1.165) is 34.7 Å². The van der Waals surface area contributed by atoms with E-state index in [4.69, 9.17) is 10.5 Å². The monoisotopic (exact) mass is 352 g/mol. The van der Waals surface area contributed by atoms with Crippen molar-refractivity contribution >= 4 is 29.3 Å². The summed E-state index contributed by atoms with van der Waals surface area (Å²) in [4.78, 5) is 13.2. The van der Waals surface area contributed by atoms with Crippen molar-refractivity contribution in [1.82, 2.24) is 0 Å². The summed E-state index contributed by atoms with van der Waals surface area (Å²) in [5.41, 5.74) is 1.82. The maximum absolute atomic E-state index is 13.2. The number of ketones is 1. The number of thiocyanates is 2. The molecule has 2 rings (SSSR count). The number of Topliss-reactive ketones (excluding diaryl/α,β-unsaturated/α-hetero) is 1. The first kappa shape index (κ1) is 18.1.